The molecule has 1 aromatic carbocycles. The van der Waals surface area contributed by atoms with Gasteiger partial charge in [0.05, 0.1) is 19.7 Å². The van der Waals surface area contributed by atoms with Crippen molar-refractivity contribution in [3.8, 4) is 11.5 Å². The van der Waals surface area contributed by atoms with E-state index in [1.54, 1.807) is 0 Å². The first kappa shape index (κ1) is 21.9. The van der Waals surface area contributed by atoms with Crippen molar-refractivity contribution in [1.82, 2.24) is 9.80 Å². The molecular weight excluding hydrogens is 344 g/mol. The summed E-state index contributed by atoms with van der Waals surface area (Å²) in [6, 6.07) is 9.61. The predicted molar refractivity (Wildman–Crippen MR) is 107 cm³/mol. The molecule has 1 unspecified atom stereocenters. The molecule has 0 fully saturated rings. The molecule has 0 radical (unpaired) electrons. The lowest BCUT2D eigenvalue weighted by atomic mass is 10.2. The first-order chi connectivity index (χ1) is 12.1. The molecule has 0 aliphatic carbocycles. The highest BCUT2D eigenvalue weighted by atomic mass is 28.3. The Kier molecular flexibility index (Phi) is 8.56. The third-order valence-corrected chi connectivity index (χ3v) is 4.81. The zero-order valence-corrected chi connectivity index (χ0v) is 17.7. The fourth-order valence-corrected chi connectivity index (χ4v) is 2.90. The molecule has 0 N–H and O–H groups in total. The molecule has 26 heavy (non-hydrogen) atoms. The summed E-state index contributed by atoms with van der Waals surface area (Å²) in [6.45, 7) is 9.08. The Balaban J connectivity index is 2.83. The molecule has 5 nitrogen and oxygen atoms in total. The van der Waals surface area contributed by atoms with Crippen LogP contribution in [0, 0.1) is 11.5 Å². The van der Waals surface area contributed by atoms with Gasteiger partial charge in [-0.15, -0.1) is 5.54 Å². The molecule has 1 rings (SSSR count). The highest BCUT2D eigenvalue weighted by Crippen LogP contribution is 2.09. The van der Waals surface area contributed by atoms with E-state index in [1.165, 1.54) is 12.0 Å². The number of hydrogen-bond donors (Lipinski definition) is 0. The highest BCUT2D eigenvalue weighted by molar-refractivity contribution is 6.83. The summed E-state index contributed by atoms with van der Waals surface area (Å²) in [5.41, 5.74) is 4.37. The zero-order chi connectivity index (χ0) is 19.7. The van der Waals surface area contributed by atoms with Crippen LogP contribution in [-0.4, -0.2) is 63.0 Å². The van der Waals surface area contributed by atoms with Gasteiger partial charge in [0.2, 0.25) is 5.91 Å². The van der Waals surface area contributed by atoms with Crippen LogP contribution in [0.2, 0.25) is 19.6 Å². The molecule has 0 aromatic heterocycles. The van der Waals surface area contributed by atoms with Gasteiger partial charge in [-0.2, -0.15) is 0 Å². The second-order valence-electron chi connectivity index (χ2n) is 7.40. The number of ether oxygens (including phenoxy) is 1. The quantitative estimate of drug-likeness (QED) is 0.418. The minimum Gasteiger partial charge on any atom is -0.468 e. The van der Waals surface area contributed by atoms with Crippen LogP contribution in [0.3, 0.4) is 0 Å². The number of likely N-dealkylation sites (N-methyl/N-ethyl adjacent to an activating group) is 1. The van der Waals surface area contributed by atoms with Gasteiger partial charge < -0.3 is 9.64 Å². The average Bonchev–Trinajstić information content (AvgIpc) is 2.59. The molecule has 0 aliphatic rings. The minimum atomic E-state index is -1.53. The van der Waals surface area contributed by atoms with E-state index in [0.717, 1.165) is 5.56 Å². The Morgan fingerprint density at radius 2 is 1.81 bits per heavy atom. The van der Waals surface area contributed by atoms with Gasteiger partial charge in [-0.3, -0.25) is 14.5 Å². The maximum atomic E-state index is 12.9. The smallest absolute Gasteiger partial charge is 0.325 e. The lowest BCUT2D eigenvalue weighted by molar-refractivity contribution is -0.148. The maximum absolute atomic E-state index is 12.9. The van der Waals surface area contributed by atoms with E-state index in [4.69, 9.17) is 4.74 Å². The molecule has 0 saturated carbocycles. The number of carbonyl (C=O) groups is 2. The lowest BCUT2D eigenvalue weighted by Crippen LogP contribution is -2.47. The summed E-state index contributed by atoms with van der Waals surface area (Å²) in [6.07, 6.45) is 0. The highest BCUT2D eigenvalue weighted by Gasteiger charge is 2.25. The average molecular weight is 375 g/mol. The summed E-state index contributed by atoms with van der Waals surface area (Å²) >= 11 is 0. The summed E-state index contributed by atoms with van der Waals surface area (Å²) in [7, 11) is 1.69. The van der Waals surface area contributed by atoms with Crippen LogP contribution in [-0.2, 0) is 20.9 Å². The monoisotopic (exact) mass is 374 g/mol. The fraction of sp³-hybridized carbons (Fsp3) is 0.500. The Bertz CT molecular complexity index is 659. The van der Waals surface area contributed by atoms with E-state index in [2.05, 4.69) is 31.1 Å². The molecular formula is C20H30N2O3Si. The largest absolute Gasteiger partial charge is 0.468 e. The number of esters is 1. The van der Waals surface area contributed by atoms with Crippen molar-refractivity contribution >= 4 is 20.0 Å². The van der Waals surface area contributed by atoms with Gasteiger partial charge in [-0.1, -0.05) is 55.9 Å². The number of nitrogens with zero attached hydrogens (tertiary/aromatic N) is 2. The SMILES string of the molecule is COC(=O)CN(CC#C[Si](C)(C)C)C(=O)C(C)N(C)Cc1ccccc1. The molecule has 0 saturated heterocycles. The number of rotatable bonds is 7. The number of benzene rings is 1. The topological polar surface area (TPSA) is 49.9 Å². The van der Waals surface area contributed by atoms with Gasteiger partial charge in [0, 0.05) is 6.54 Å². The van der Waals surface area contributed by atoms with Crippen LogP contribution in [0.1, 0.15) is 12.5 Å². The van der Waals surface area contributed by atoms with Crippen LogP contribution in [0.15, 0.2) is 30.3 Å². The Labute approximate surface area is 158 Å². The van der Waals surface area contributed by atoms with Gasteiger partial charge in [-0.05, 0) is 19.5 Å². The van der Waals surface area contributed by atoms with E-state index >= 15 is 0 Å². The van der Waals surface area contributed by atoms with Crippen LogP contribution >= 0.6 is 0 Å². The van der Waals surface area contributed by atoms with Crippen molar-refractivity contribution in [2.75, 3.05) is 27.2 Å². The van der Waals surface area contributed by atoms with Crippen molar-refractivity contribution in [3.63, 3.8) is 0 Å². The van der Waals surface area contributed by atoms with Crippen molar-refractivity contribution < 1.29 is 14.3 Å². The first-order valence-corrected chi connectivity index (χ1v) is 12.2. The number of carbonyl (C=O) groups excluding carboxylic acids is 2. The molecule has 0 aliphatic heterocycles. The second-order valence-corrected chi connectivity index (χ2v) is 12.1. The van der Waals surface area contributed by atoms with Crippen molar-refractivity contribution in [2.24, 2.45) is 0 Å². The van der Waals surface area contributed by atoms with E-state index in [0.29, 0.717) is 6.54 Å². The van der Waals surface area contributed by atoms with Gasteiger partial charge >= 0.3 is 5.97 Å². The molecule has 1 atom stereocenters. The Morgan fingerprint density at radius 1 is 1.19 bits per heavy atom. The van der Waals surface area contributed by atoms with Gasteiger partial charge in [0.1, 0.15) is 14.6 Å². The van der Waals surface area contributed by atoms with Gasteiger partial charge in [-0.25, -0.2) is 0 Å². The molecule has 6 heteroatoms. The lowest BCUT2D eigenvalue weighted by Gasteiger charge is -2.29. The van der Waals surface area contributed by atoms with Crippen LogP contribution in [0.25, 0.3) is 0 Å². The van der Waals surface area contributed by atoms with E-state index in [9.17, 15) is 9.59 Å². The van der Waals surface area contributed by atoms with Crippen LogP contribution in [0.4, 0.5) is 0 Å². The maximum Gasteiger partial charge on any atom is 0.325 e. The Hall–Kier alpha value is -2.10. The van der Waals surface area contributed by atoms with Gasteiger partial charge in [0.25, 0.3) is 0 Å². The first-order valence-electron chi connectivity index (χ1n) is 8.74. The van der Waals surface area contributed by atoms with Crippen molar-refractivity contribution in [2.45, 2.75) is 39.2 Å². The van der Waals surface area contributed by atoms with Crippen LogP contribution in [0.5, 0.6) is 0 Å². The van der Waals surface area contributed by atoms with Crippen molar-refractivity contribution in [1.29, 1.82) is 0 Å². The zero-order valence-electron chi connectivity index (χ0n) is 16.7. The second kappa shape index (κ2) is 10.1. The number of amides is 1. The molecule has 1 aromatic rings. The predicted octanol–water partition coefficient (Wildman–Crippen LogP) is 2.39. The van der Waals surface area contributed by atoms with E-state index in [-0.39, 0.29) is 25.0 Å². The fourth-order valence-electron chi connectivity index (χ4n) is 2.29. The number of hydrogen-bond acceptors (Lipinski definition) is 4. The summed E-state index contributed by atoms with van der Waals surface area (Å²) < 4.78 is 4.73. The molecule has 0 heterocycles. The molecule has 0 bridgehead atoms. The standard InChI is InChI=1S/C20H30N2O3Si/c1-17(21(2)15-18-11-8-7-9-12-18)20(24)22(16-19(23)25-3)13-10-14-26(4,5)6/h7-9,11-12,17H,13,15-16H2,1-6H3. The van der Waals surface area contributed by atoms with Gasteiger partial charge in [0.15, 0.2) is 0 Å². The molecule has 142 valence electrons. The van der Waals surface area contributed by atoms with E-state index in [1.807, 2.05) is 49.2 Å². The Morgan fingerprint density at radius 3 is 2.35 bits per heavy atom. The molecule has 1 amide bonds. The number of methoxy groups -OCH3 is 1. The molecule has 0 spiro atoms. The third-order valence-electron chi connectivity index (χ3n) is 3.89. The minimum absolute atomic E-state index is 0.0841. The van der Waals surface area contributed by atoms with Crippen LogP contribution < -0.4 is 0 Å². The summed E-state index contributed by atoms with van der Waals surface area (Å²) in [4.78, 5) is 28.0. The third kappa shape index (κ3) is 7.85. The summed E-state index contributed by atoms with van der Waals surface area (Å²) in [5, 5.41) is 0. The summed E-state index contributed by atoms with van der Waals surface area (Å²) in [5.74, 6) is 2.50. The van der Waals surface area contributed by atoms with Crippen molar-refractivity contribution in [3.05, 3.63) is 35.9 Å². The van der Waals surface area contributed by atoms with E-state index < -0.39 is 14.0 Å². The normalized spacial score (nSPS) is 12.1.